The Labute approximate surface area is 110 Å². The molecule has 3 atom stereocenters. The number of nitrogens with zero attached hydrogens (tertiary/aromatic N) is 1. The Hall–Kier alpha value is -1.09. The molecule has 18 heavy (non-hydrogen) atoms. The lowest BCUT2D eigenvalue weighted by Gasteiger charge is -2.29. The molecule has 1 fully saturated rings. The van der Waals surface area contributed by atoms with E-state index in [1.807, 2.05) is 19.1 Å². The van der Waals surface area contributed by atoms with Gasteiger partial charge in [-0.05, 0) is 38.2 Å². The summed E-state index contributed by atoms with van der Waals surface area (Å²) in [5.74, 6) is 1.54. The highest BCUT2D eigenvalue weighted by molar-refractivity contribution is 5.28. The molecular weight excluding hydrogens is 224 g/mol. The zero-order chi connectivity index (χ0) is 13.0. The first-order valence-corrected chi connectivity index (χ1v) is 7.07. The van der Waals surface area contributed by atoms with Gasteiger partial charge >= 0.3 is 0 Å². The Kier molecular flexibility index (Phi) is 4.59. The molecule has 1 aliphatic carbocycles. The number of rotatable bonds is 4. The lowest BCUT2D eigenvalue weighted by atomic mass is 9.85. The van der Waals surface area contributed by atoms with Crippen molar-refractivity contribution >= 4 is 0 Å². The third-order valence-corrected chi connectivity index (χ3v) is 3.88. The molecule has 0 bridgehead atoms. The Balaban J connectivity index is 2.04. The van der Waals surface area contributed by atoms with E-state index in [2.05, 4.69) is 11.9 Å². The summed E-state index contributed by atoms with van der Waals surface area (Å²) in [6.07, 6.45) is 8.26. The van der Waals surface area contributed by atoms with Crippen molar-refractivity contribution in [2.75, 3.05) is 0 Å². The zero-order valence-electron chi connectivity index (χ0n) is 11.4. The molecule has 2 N–H and O–H groups in total. The molecule has 0 aliphatic heterocycles. The Morgan fingerprint density at radius 1 is 1.50 bits per heavy atom. The minimum absolute atomic E-state index is 0.0285. The van der Waals surface area contributed by atoms with E-state index in [0.29, 0.717) is 6.10 Å². The molecule has 3 heteroatoms. The fourth-order valence-corrected chi connectivity index (χ4v) is 2.73. The van der Waals surface area contributed by atoms with E-state index in [0.717, 1.165) is 30.2 Å². The fourth-order valence-electron chi connectivity index (χ4n) is 2.73. The maximum atomic E-state index is 6.09. The lowest BCUT2D eigenvalue weighted by Crippen LogP contribution is -2.26. The summed E-state index contributed by atoms with van der Waals surface area (Å²) in [4.78, 5) is 4.34. The molecule has 2 rings (SSSR count). The van der Waals surface area contributed by atoms with Gasteiger partial charge in [-0.15, -0.1) is 0 Å². The quantitative estimate of drug-likeness (QED) is 0.887. The highest BCUT2D eigenvalue weighted by atomic mass is 16.5. The first kappa shape index (κ1) is 13.3. The van der Waals surface area contributed by atoms with Crippen molar-refractivity contribution < 1.29 is 4.74 Å². The summed E-state index contributed by atoms with van der Waals surface area (Å²) >= 11 is 0. The van der Waals surface area contributed by atoms with Gasteiger partial charge in [0.15, 0.2) is 0 Å². The van der Waals surface area contributed by atoms with E-state index in [1.165, 1.54) is 19.3 Å². The van der Waals surface area contributed by atoms with Gasteiger partial charge in [0.05, 0.1) is 0 Å². The third kappa shape index (κ3) is 3.22. The maximum absolute atomic E-state index is 6.09. The van der Waals surface area contributed by atoms with Gasteiger partial charge in [0.25, 0.3) is 0 Å². The van der Waals surface area contributed by atoms with Crippen LogP contribution in [0.25, 0.3) is 0 Å². The van der Waals surface area contributed by atoms with Crippen LogP contribution in [0.4, 0.5) is 0 Å². The van der Waals surface area contributed by atoms with Gasteiger partial charge in [0.1, 0.15) is 6.10 Å². The summed E-state index contributed by atoms with van der Waals surface area (Å²) in [6.45, 7) is 4.24. The Morgan fingerprint density at radius 2 is 2.33 bits per heavy atom. The normalized spacial score (nSPS) is 25.7. The van der Waals surface area contributed by atoms with Crippen LogP contribution < -0.4 is 10.5 Å². The minimum atomic E-state index is -0.0285. The van der Waals surface area contributed by atoms with E-state index < -0.39 is 0 Å². The smallest absolute Gasteiger partial charge is 0.218 e. The van der Waals surface area contributed by atoms with E-state index >= 15 is 0 Å². The molecule has 0 radical (unpaired) electrons. The second-order valence-corrected chi connectivity index (χ2v) is 5.37. The molecule has 0 spiro atoms. The molecule has 1 aromatic rings. The highest BCUT2D eigenvalue weighted by Crippen LogP contribution is 2.30. The minimum Gasteiger partial charge on any atom is -0.474 e. The van der Waals surface area contributed by atoms with Crippen LogP contribution in [0.1, 0.15) is 57.6 Å². The van der Waals surface area contributed by atoms with Crippen LogP contribution >= 0.6 is 0 Å². The van der Waals surface area contributed by atoms with Gasteiger partial charge in [-0.25, -0.2) is 4.98 Å². The number of nitrogens with two attached hydrogens (primary N) is 1. The van der Waals surface area contributed by atoms with E-state index in [9.17, 15) is 0 Å². The molecule has 1 saturated carbocycles. The second kappa shape index (κ2) is 6.19. The maximum Gasteiger partial charge on any atom is 0.218 e. The van der Waals surface area contributed by atoms with Crippen LogP contribution in [0.3, 0.4) is 0 Å². The number of ether oxygens (including phenoxy) is 1. The van der Waals surface area contributed by atoms with Crippen LogP contribution in [0.5, 0.6) is 5.88 Å². The van der Waals surface area contributed by atoms with Gasteiger partial charge in [-0.2, -0.15) is 0 Å². The molecule has 0 aromatic carbocycles. The SMILES string of the molecule is CCC1CCCC(Oc2ncccc2[C@@H](C)N)C1. The predicted octanol–water partition coefficient (Wildman–Crippen LogP) is 3.45. The van der Waals surface area contributed by atoms with Crippen LogP contribution in [0.2, 0.25) is 0 Å². The van der Waals surface area contributed by atoms with Crippen molar-refractivity contribution in [3.8, 4) is 5.88 Å². The molecule has 0 saturated heterocycles. The Bertz CT molecular complexity index is 379. The Morgan fingerprint density at radius 3 is 3.06 bits per heavy atom. The van der Waals surface area contributed by atoms with Crippen LogP contribution in [0.15, 0.2) is 18.3 Å². The van der Waals surface area contributed by atoms with Crippen molar-refractivity contribution in [1.82, 2.24) is 4.98 Å². The standard InChI is InChI=1S/C15H24N2O/c1-3-12-6-4-7-13(10-12)18-15-14(11(2)16)8-5-9-17-15/h5,8-9,11-13H,3-4,6-7,10,16H2,1-2H3/t11-,12?,13?/m1/s1. The summed E-state index contributed by atoms with van der Waals surface area (Å²) in [5.41, 5.74) is 6.96. The van der Waals surface area contributed by atoms with E-state index in [4.69, 9.17) is 10.5 Å². The topological polar surface area (TPSA) is 48.1 Å². The first-order chi connectivity index (χ1) is 8.70. The largest absolute Gasteiger partial charge is 0.474 e. The van der Waals surface area contributed by atoms with Crippen LogP contribution in [-0.2, 0) is 0 Å². The highest BCUT2D eigenvalue weighted by Gasteiger charge is 2.23. The van der Waals surface area contributed by atoms with E-state index in [1.54, 1.807) is 6.20 Å². The summed E-state index contributed by atoms with van der Waals surface area (Å²) in [5, 5.41) is 0. The lowest BCUT2D eigenvalue weighted by molar-refractivity contribution is 0.115. The van der Waals surface area contributed by atoms with Crippen molar-refractivity contribution in [2.24, 2.45) is 11.7 Å². The summed E-state index contributed by atoms with van der Waals surface area (Å²) in [6, 6.07) is 3.90. The van der Waals surface area contributed by atoms with Gasteiger partial charge in [-0.1, -0.05) is 25.8 Å². The van der Waals surface area contributed by atoms with Crippen molar-refractivity contribution in [2.45, 2.75) is 58.1 Å². The molecule has 0 amide bonds. The van der Waals surface area contributed by atoms with Crippen molar-refractivity contribution in [1.29, 1.82) is 0 Å². The molecule has 1 heterocycles. The number of aromatic nitrogens is 1. The average Bonchev–Trinajstić information content (AvgIpc) is 2.39. The fraction of sp³-hybridized carbons (Fsp3) is 0.667. The molecular formula is C15H24N2O. The van der Waals surface area contributed by atoms with Gasteiger partial charge in [0.2, 0.25) is 5.88 Å². The van der Waals surface area contributed by atoms with Crippen molar-refractivity contribution in [3.05, 3.63) is 23.9 Å². The number of hydrogen-bond acceptors (Lipinski definition) is 3. The third-order valence-electron chi connectivity index (χ3n) is 3.88. The molecule has 3 nitrogen and oxygen atoms in total. The van der Waals surface area contributed by atoms with Crippen molar-refractivity contribution in [3.63, 3.8) is 0 Å². The van der Waals surface area contributed by atoms with Gasteiger partial charge in [0, 0.05) is 17.8 Å². The molecule has 100 valence electrons. The van der Waals surface area contributed by atoms with Gasteiger partial charge in [-0.3, -0.25) is 0 Å². The van der Waals surface area contributed by atoms with Gasteiger partial charge < -0.3 is 10.5 Å². The number of hydrogen-bond donors (Lipinski definition) is 1. The predicted molar refractivity (Wildman–Crippen MR) is 73.5 cm³/mol. The average molecular weight is 248 g/mol. The summed E-state index contributed by atoms with van der Waals surface area (Å²) in [7, 11) is 0. The van der Waals surface area contributed by atoms with Crippen LogP contribution in [0, 0.1) is 5.92 Å². The summed E-state index contributed by atoms with van der Waals surface area (Å²) < 4.78 is 6.09. The first-order valence-electron chi connectivity index (χ1n) is 7.07. The molecule has 1 aromatic heterocycles. The second-order valence-electron chi connectivity index (χ2n) is 5.37. The molecule has 2 unspecified atom stereocenters. The number of pyridine rings is 1. The zero-order valence-corrected chi connectivity index (χ0v) is 11.4. The molecule has 1 aliphatic rings. The van der Waals surface area contributed by atoms with Crippen LogP contribution in [-0.4, -0.2) is 11.1 Å². The monoisotopic (exact) mass is 248 g/mol. The van der Waals surface area contributed by atoms with E-state index in [-0.39, 0.29) is 6.04 Å².